The summed E-state index contributed by atoms with van der Waals surface area (Å²) in [7, 11) is 2.08. The minimum absolute atomic E-state index is 0.484. The van der Waals surface area contributed by atoms with Gasteiger partial charge in [-0.3, -0.25) is 0 Å². The predicted octanol–water partition coefficient (Wildman–Crippen LogP) is 2.69. The third-order valence-corrected chi connectivity index (χ3v) is 3.34. The maximum atomic E-state index is 4.75. The number of nitrogens with one attached hydrogen (secondary N) is 1. The predicted molar refractivity (Wildman–Crippen MR) is 72.2 cm³/mol. The Morgan fingerprint density at radius 3 is 2.65 bits per heavy atom. The standard InChI is InChI=1S/C14H21N3/c1-9(2)15-8-13-16-14-11(4)10(3)6-7-12(14)17(13)5/h6-7,9,15H,8H2,1-5H3. The van der Waals surface area contributed by atoms with Crippen molar-refractivity contribution in [2.45, 2.75) is 40.3 Å². The van der Waals surface area contributed by atoms with Gasteiger partial charge in [0, 0.05) is 13.1 Å². The van der Waals surface area contributed by atoms with E-state index in [0.717, 1.165) is 17.9 Å². The van der Waals surface area contributed by atoms with E-state index in [-0.39, 0.29) is 0 Å². The Morgan fingerprint density at radius 2 is 2.00 bits per heavy atom. The van der Waals surface area contributed by atoms with Gasteiger partial charge in [0.1, 0.15) is 5.82 Å². The number of rotatable bonds is 3. The number of nitrogens with zero attached hydrogens (tertiary/aromatic N) is 2. The highest BCUT2D eigenvalue weighted by atomic mass is 15.1. The molecule has 1 heterocycles. The molecular weight excluding hydrogens is 210 g/mol. The van der Waals surface area contributed by atoms with Crippen LogP contribution in [0.2, 0.25) is 0 Å². The fraction of sp³-hybridized carbons (Fsp3) is 0.500. The summed E-state index contributed by atoms with van der Waals surface area (Å²) in [6.07, 6.45) is 0. The average molecular weight is 231 g/mol. The van der Waals surface area contributed by atoms with Crippen molar-refractivity contribution in [3.05, 3.63) is 29.1 Å². The molecule has 1 aromatic carbocycles. The van der Waals surface area contributed by atoms with Crippen molar-refractivity contribution in [2.75, 3.05) is 0 Å². The number of hydrogen-bond acceptors (Lipinski definition) is 2. The average Bonchev–Trinajstić information content (AvgIpc) is 2.59. The highest BCUT2D eigenvalue weighted by molar-refractivity contribution is 5.80. The normalized spacial score (nSPS) is 11.6. The Labute approximate surface area is 103 Å². The molecule has 0 saturated heterocycles. The van der Waals surface area contributed by atoms with E-state index in [1.807, 2.05) is 0 Å². The molecular formula is C14H21N3. The first-order valence-corrected chi connectivity index (χ1v) is 6.15. The van der Waals surface area contributed by atoms with Gasteiger partial charge in [-0.05, 0) is 31.0 Å². The Hall–Kier alpha value is -1.35. The molecule has 17 heavy (non-hydrogen) atoms. The summed E-state index contributed by atoms with van der Waals surface area (Å²) in [6.45, 7) is 9.40. The van der Waals surface area contributed by atoms with Crippen molar-refractivity contribution in [1.29, 1.82) is 0 Å². The number of benzene rings is 1. The van der Waals surface area contributed by atoms with E-state index in [9.17, 15) is 0 Å². The molecule has 0 atom stereocenters. The summed E-state index contributed by atoms with van der Waals surface area (Å²) in [5.74, 6) is 1.10. The van der Waals surface area contributed by atoms with Crippen molar-refractivity contribution >= 4 is 11.0 Å². The number of hydrogen-bond donors (Lipinski definition) is 1. The van der Waals surface area contributed by atoms with Crippen molar-refractivity contribution in [3.8, 4) is 0 Å². The summed E-state index contributed by atoms with van der Waals surface area (Å²) in [6, 6.07) is 4.81. The molecule has 1 N–H and O–H groups in total. The molecule has 0 radical (unpaired) electrons. The van der Waals surface area contributed by atoms with Crippen molar-refractivity contribution in [1.82, 2.24) is 14.9 Å². The van der Waals surface area contributed by atoms with E-state index in [2.05, 4.69) is 56.8 Å². The van der Waals surface area contributed by atoms with Crippen LogP contribution in [0.1, 0.15) is 30.8 Å². The Bertz CT molecular complexity index is 538. The fourth-order valence-corrected chi connectivity index (χ4v) is 2.00. The molecule has 2 aromatic rings. The second kappa shape index (κ2) is 4.49. The van der Waals surface area contributed by atoms with Crippen LogP contribution in [0.5, 0.6) is 0 Å². The van der Waals surface area contributed by atoms with E-state index in [4.69, 9.17) is 4.98 Å². The van der Waals surface area contributed by atoms with Gasteiger partial charge in [-0.1, -0.05) is 19.9 Å². The summed E-state index contributed by atoms with van der Waals surface area (Å²) >= 11 is 0. The van der Waals surface area contributed by atoms with Gasteiger partial charge in [0.2, 0.25) is 0 Å². The van der Waals surface area contributed by atoms with Crippen LogP contribution in [-0.4, -0.2) is 15.6 Å². The molecule has 3 heteroatoms. The molecule has 0 amide bonds. The largest absolute Gasteiger partial charge is 0.330 e. The van der Waals surface area contributed by atoms with Crippen molar-refractivity contribution in [2.24, 2.45) is 7.05 Å². The molecule has 0 aliphatic carbocycles. The third-order valence-electron chi connectivity index (χ3n) is 3.34. The monoisotopic (exact) mass is 231 g/mol. The number of aryl methyl sites for hydroxylation is 3. The first-order chi connectivity index (χ1) is 8.00. The molecule has 92 valence electrons. The van der Waals surface area contributed by atoms with E-state index < -0.39 is 0 Å². The number of aromatic nitrogens is 2. The maximum Gasteiger partial charge on any atom is 0.123 e. The van der Waals surface area contributed by atoms with Gasteiger partial charge in [0.05, 0.1) is 17.6 Å². The Kier molecular flexibility index (Phi) is 3.20. The lowest BCUT2D eigenvalue weighted by molar-refractivity contribution is 0.563. The van der Waals surface area contributed by atoms with Gasteiger partial charge in [-0.2, -0.15) is 0 Å². The van der Waals surface area contributed by atoms with Crippen LogP contribution < -0.4 is 5.32 Å². The summed E-state index contributed by atoms with van der Waals surface area (Å²) in [5, 5.41) is 3.41. The lowest BCUT2D eigenvalue weighted by Gasteiger charge is -2.07. The molecule has 3 nitrogen and oxygen atoms in total. The zero-order valence-electron chi connectivity index (χ0n) is 11.3. The van der Waals surface area contributed by atoms with E-state index in [1.165, 1.54) is 16.6 Å². The van der Waals surface area contributed by atoms with Crippen molar-refractivity contribution < 1.29 is 0 Å². The van der Waals surface area contributed by atoms with Gasteiger partial charge in [0.15, 0.2) is 0 Å². The van der Waals surface area contributed by atoms with Gasteiger partial charge in [-0.15, -0.1) is 0 Å². The highest BCUT2D eigenvalue weighted by Gasteiger charge is 2.10. The first kappa shape index (κ1) is 12.1. The smallest absolute Gasteiger partial charge is 0.123 e. The van der Waals surface area contributed by atoms with Crippen LogP contribution in [0.4, 0.5) is 0 Å². The van der Waals surface area contributed by atoms with Gasteiger partial charge in [0.25, 0.3) is 0 Å². The van der Waals surface area contributed by atoms with Crippen LogP contribution in [0, 0.1) is 13.8 Å². The van der Waals surface area contributed by atoms with Crippen LogP contribution in [0.25, 0.3) is 11.0 Å². The quantitative estimate of drug-likeness (QED) is 0.880. The highest BCUT2D eigenvalue weighted by Crippen LogP contribution is 2.21. The minimum atomic E-state index is 0.484. The first-order valence-electron chi connectivity index (χ1n) is 6.15. The molecule has 0 fully saturated rings. The van der Waals surface area contributed by atoms with E-state index >= 15 is 0 Å². The van der Waals surface area contributed by atoms with Crippen LogP contribution in [0.3, 0.4) is 0 Å². The molecule has 0 aliphatic rings. The lowest BCUT2D eigenvalue weighted by Crippen LogP contribution is -2.23. The number of fused-ring (bicyclic) bond motifs is 1. The third kappa shape index (κ3) is 2.20. The molecule has 0 aliphatic heterocycles. The number of imidazole rings is 1. The minimum Gasteiger partial charge on any atom is -0.330 e. The Balaban J connectivity index is 2.45. The molecule has 0 unspecified atom stereocenters. The van der Waals surface area contributed by atoms with Gasteiger partial charge in [-0.25, -0.2) is 4.98 Å². The zero-order valence-corrected chi connectivity index (χ0v) is 11.3. The second-order valence-corrected chi connectivity index (χ2v) is 5.00. The SMILES string of the molecule is Cc1ccc2c(nc(CNC(C)C)n2C)c1C. The lowest BCUT2D eigenvalue weighted by atomic mass is 10.1. The van der Waals surface area contributed by atoms with Crippen LogP contribution >= 0.6 is 0 Å². The van der Waals surface area contributed by atoms with E-state index in [1.54, 1.807) is 0 Å². The second-order valence-electron chi connectivity index (χ2n) is 5.00. The summed E-state index contributed by atoms with van der Waals surface area (Å²) < 4.78 is 2.18. The van der Waals surface area contributed by atoms with Gasteiger partial charge < -0.3 is 9.88 Å². The molecule has 2 rings (SSSR count). The maximum absolute atomic E-state index is 4.75. The van der Waals surface area contributed by atoms with Gasteiger partial charge >= 0.3 is 0 Å². The Morgan fingerprint density at radius 1 is 1.29 bits per heavy atom. The molecule has 0 bridgehead atoms. The van der Waals surface area contributed by atoms with Crippen LogP contribution in [0.15, 0.2) is 12.1 Å². The molecule has 0 spiro atoms. The molecule has 0 saturated carbocycles. The summed E-state index contributed by atoms with van der Waals surface area (Å²) in [4.78, 5) is 4.75. The van der Waals surface area contributed by atoms with Crippen LogP contribution in [-0.2, 0) is 13.6 Å². The van der Waals surface area contributed by atoms with E-state index in [0.29, 0.717) is 6.04 Å². The summed E-state index contributed by atoms with van der Waals surface area (Å²) in [5.41, 5.74) is 4.94. The fourth-order valence-electron chi connectivity index (χ4n) is 2.00. The topological polar surface area (TPSA) is 29.9 Å². The zero-order chi connectivity index (χ0) is 12.6. The molecule has 1 aromatic heterocycles. The van der Waals surface area contributed by atoms with Crippen molar-refractivity contribution in [3.63, 3.8) is 0 Å².